The molecule has 2 heterocycles. The molecule has 0 aliphatic heterocycles. The average molecular weight is 300 g/mol. The van der Waals surface area contributed by atoms with E-state index in [2.05, 4.69) is 20.4 Å². The van der Waals surface area contributed by atoms with Gasteiger partial charge in [-0.25, -0.2) is 9.67 Å². The molecule has 0 atom stereocenters. The Morgan fingerprint density at radius 2 is 2.00 bits per heavy atom. The summed E-state index contributed by atoms with van der Waals surface area (Å²) in [4.78, 5) is 19.9. The van der Waals surface area contributed by atoms with Crippen LogP contribution in [0.1, 0.15) is 10.5 Å². The van der Waals surface area contributed by atoms with Gasteiger partial charge >= 0.3 is 0 Å². The van der Waals surface area contributed by atoms with E-state index in [1.165, 1.54) is 18.6 Å². The summed E-state index contributed by atoms with van der Waals surface area (Å²) in [6.07, 6.45) is 4.55. The molecule has 0 saturated heterocycles. The van der Waals surface area contributed by atoms with Gasteiger partial charge < -0.3 is 5.32 Å². The largest absolute Gasteiger partial charge is 0.321 e. The number of carbonyl (C=O) groups excluding carboxylic acids is 1. The van der Waals surface area contributed by atoms with Gasteiger partial charge in [-0.05, 0) is 36.4 Å². The minimum Gasteiger partial charge on any atom is -0.321 e. The number of aromatic nitrogens is 4. The molecular formula is C14H10ClN5O. The van der Waals surface area contributed by atoms with Crippen LogP contribution in [-0.4, -0.2) is 25.7 Å². The monoisotopic (exact) mass is 299 g/mol. The number of hydrogen-bond donors (Lipinski definition) is 1. The van der Waals surface area contributed by atoms with Gasteiger partial charge in [0.25, 0.3) is 5.91 Å². The van der Waals surface area contributed by atoms with Crippen molar-refractivity contribution in [1.29, 1.82) is 0 Å². The van der Waals surface area contributed by atoms with Gasteiger partial charge in [0.2, 0.25) is 0 Å². The van der Waals surface area contributed by atoms with Gasteiger partial charge in [0.15, 0.2) is 0 Å². The van der Waals surface area contributed by atoms with Gasteiger partial charge in [0, 0.05) is 16.9 Å². The van der Waals surface area contributed by atoms with Gasteiger partial charge in [-0.3, -0.25) is 9.78 Å². The second-order valence-corrected chi connectivity index (χ2v) is 4.64. The number of nitrogens with one attached hydrogen (secondary N) is 1. The number of nitrogens with zero attached hydrogens (tertiary/aromatic N) is 4. The lowest BCUT2D eigenvalue weighted by Gasteiger charge is -2.06. The Labute approximate surface area is 125 Å². The van der Waals surface area contributed by atoms with E-state index in [-0.39, 0.29) is 11.6 Å². The molecule has 3 aromatic rings. The Bertz CT molecular complexity index is 755. The highest BCUT2D eigenvalue weighted by Crippen LogP contribution is 2.14. The number of benzene rings is 1. The minimum absolute atomic E-state index is 0.267. The predicted molar refractivity (Wildman–Crippen MR) is 78.6 cm³/mol. The van der Waals surface area contributed by atoms with E-state index in [0.29, 0.717) is 10.7 Å². The van der Waals surface area contributed by atoms with Crippen molar-refractivity contribution in [2.45, 2.75) is 0 Å². The van der Waals surface area contributed by atoms with Crippen molar-refractivity contribution in [2.24, 2.45) is 0 Å². The van der Waals surface area contributed by atoms with Crippen LogP contribution in [0, 0.1) is 0 Å². The Hall–Kier alpha value is -2.73. The second-order valence-electron chi connectivity index (χ2n) is 4.20. The highest BCUT2D eigenvalue weighted by Gasteiger charge is 2.08. The van der Waals surface area contributed by atoms with Crippen molar-refractivity contribution in [2.75, 3.05) is 5.32 Å². The van der Waals surface area contributed by atoms with Crippen molar-refractivity contribution in [3.63, 3.8) is 0 Å². The molecule has 6 nitrogen and oxygen atoms in total. The van der Waals surface area contributed by atoms with Crippen molar-refractivity contribution in [3.8, 4) is 5.69 Å². The van der Waals surface area contributed by atoms with Crippen LogP contribution in [0.15, 0.2) is 55.2 Å². The van der Waals surface area contributed by atoms with E-state index in [1.807, 2.05) is 12.1 Å². The third kappa shape index (κ3) is 3.06. The summed E-state index contributed by atoms with van der Waals surface area (Å²) in [6, 6.07) is 10.3. The third-order valence-corrected chi connectivity index (χ3v) is 3.00. The summed E-state index contributed by atoms with van der Waals surface area (Å²) in [7, 11) is 0. The van der Waals surface area contributed by atoms with Crippen LogP contribution in [0.5, 0.6) is 0 Å². The fourth-order valence-corrected chi connectivity index (χ4v) is 1.92. The van der Waals surface area contributed by atoms with Crippen LogP contribution in [0.2, 0.25) is 5.02 Å². The van der Waals surface area contributed by atoms with Crippen LogP contribution in [0.3, 0.4) is 0 Å². The summed E-state index contributed by atoms with van der Waals surface area (Å²) < 4.78 is 1.63. The molecule has 7 heteroatoms. The molecule has 1 amide bonds. The molecule has 0 saturated carbocycles. The molecule has 1 N–H and O–H groups in total. The molecule has 0 fully saturated rings. The predicted octanol–water partition coefficient (Wildman–Crippen LogP) is 2.57. The van der Waals surface area contributed by atoms with Gasteiger partial charge in [-0.15, -0.1) is 0 Å². The Morgan fingerprint density at radius 1 is 1.19 bits per heavy atom. The molecular weight excluding hydrogens is 290 g/mol. The zero-order valence-electron chi connectivity index (χ0n) is 10.8. The molecule has 0 aliphatic rings. The molecule has 104 valence electrons. The first-order valence-electron chi connectivity index (χ1n) is 6.10. The first kappa shape index (κ1) is 13.3. The van der Waals surface area contributed by atoms with Gasteiger partial charge in [-0.1, -0.05) is 11.6 Å². The lowest BCUT2D eigenvalue weighted by atomic mass is 10.2. The maximum Gasteiger partial charge on any atom is 0.274 e. The number of carbonyl (C=O) groups is 1. The van der Waals surface area contributed by atoms with Gasteiger partial charge in [-0.2, -0.15) is 5.10 Å². The molecule has 0 aliphatic carbocycles. The summed E-state index contributed by atoms with van der Waals surface area (Å²) in [5.41, 5.74) is 1.78. The highest BCUT2D eigenvalue weighted by molar-refractivity contribution is 6.30. The second kappa shape index (κ2) is 5.72. The van der Waals surface area contributed by atoms with Crippen molar-refractivity contribution >= 4 is 23.2 Å². The molecule has 0 spiro atoms. The van der Waals surface area contributed by atoms with Crippen molar-refractivity contribution < 1.29 is 4.79 Å². The van der Waals surface area contributed by atoms with E-state index >= 15 is 0 Å². The standard InChI is InChI=1S/C14H10ClN5O/c15-10-5-6-17-13(7-10)14(21)19-11-1-3-12(4-2-11)20-9-16-8-18-20/h1-9H,(H,19,21). The highest BCUT2D eigenvalue weighted by atomic mass is 35.5. The van der Waals surface area contributed by atoms with Crippen LogP contribution >= 0.6 is 11.6 Å². The summed E-state index contributed by atoms with van der Waals surface area (Å²) >= 11 is 5.83. The zero-order chi connectivity index (χ0) is 14.7. The zero-order valence-corrected chi connectivity index (χ0v) is 11.5. The minimum atomic E-state index is -0.314. The summed E-state index contributed by atoms with van der Waals surface area (Å²) in [6.45, 7) is 0. The van der Waals surface area contributed by atoms with Crippen LogP contribution in [-0.2, 0) is 0 Å². The van der Waals surface area contributed by atoms with Crippen LogP contribution in [0.25, 0.3) is 5.69 Å². The molecule has 21 heavy (non-hydrogen) atoms. The van der Waals surface area contributed by atoms with Crippen molar-refractivity contribution in [3.05, 3.63) is 66.0 Å². The first-order valence-corrected chi connectivity index (χ1v) is 6.48. The van der Waals surface area contributed by atoms with E-state index in [4.69, 9.17) is 11.6 Å². The number of pyridine rings is 1. The third-order valence-electron chi connectivity index (χ3n) is 2.76. The van der Waals surface area contributed by atoms with E-state index in [9.17, 15) is 4.79 Å². The normalized spacial score (nSPS) is 10.3. The number of halogens is 1. The smallest absolute Gasteiger partial charge is 0.274 e. The molecule has 0 bridgehead atoms. The molecule has 3 rings (SSSR count). The van der Waals surface area contributed by atoms with E-state index in [1.54, 1.807) is 29.2 Å². The molecule has 0 radical (unpaired) electrons. The lowest BCUT2D eigenvalue weighted by molar-refractivity contribution is 0.102. The van der Waals surface area contributed by atoms with Crippen molar-refractivity contribution in [1.82, 2.24) is 19.7 Å². The fourth-order valence-electron chi connectivity index (χ4n) is 1.76. The van der Waals surface area contributed by atoms with Gasteiger partial charge in [0.1, 0.15) is 18.3 Å². The van der Waals surface area contributed by atoms with E-state index in [0.717, 1.165) is 5.69 Å². The summed E-state index contributed by atoms with van der Waals surface area (Å²) in [5, 5.41) is 7.25. The molecule has 2 aromatic heterocycles. The maximum absolute atomic E-state index is 12.0. The Kier molecular flexibility index (Phi) is 3.61. The van der Waals surface area contributed by atoms with E-state index < -0.39 is 0 Å². The topological polar surface area (TPSA) is 72.7 Å². The van der Waals surface area contributed by atoms with Crippen LogP contribution < -0.4 is 5.32 Å². The lowest BCUT2D eigenvalue weighted by Crippen LogP contribution is -2.13. The number of anilines is 1. The molecule has 1 aromatic carbocycles. The SMILES string of the molecule is O=C(Nc1ccc(-n2cncn2)cc1)c1cc(Cl)ccn1. The number of amides is 1. The van der Waals surface area contributed by atoms with Crippen LogP contribution in [0.4, 0.5) is 5.69 Å². The quantitative estimate of drug-likeness (QED) is 0.806. The maximum atomic E-state index is 12.0. The summed E-state index contributed by atoms with van der Waals surface area (Å²) in [5.74, 6) is -0.314. The van der Waals surface area contributed by atoms with Gasteiger partial charge in [0.05, 0.1) is 5.69 Å². The average Bonchev–Trinajstić information content (AvgIpc) is 3.02. The Morgan fingerprint density at radius 3 is 2.67 bits per heavy atom. The Balaban J connectivity index is 1.75. The first-order chi connectivity index (χ1) is 10.2. The number of rotatable bonds is 3. The number of hydrogen-bond acceptors (Lipinski definition) is 4. The molecule has 0 unspecified atom stereocenters. The fraction of sp³-hybridized carbons (Fsp3) is 0.